The van der Waals surface area contributed by atoms with E-state index in [1.54, 1.807) is 42.5 Å². The van der Waals surface area contributed by atoms with Gasteiger partial charge in [-0.25, -0.2) is 8.42 Å². The van der Waals surface area contributed by atoms with E-state index in [2.05, 4.69) is 27.9 Å². The van der Waals surface area contributed by atoms with Crippen molar-refractivity contribution in [3.8, 4) is 5.75 Å². The number of hydrogen-bond donors (Lipinski definition) is 1. The predicted octanol–water partition coefficient (Wildman–Crippen LogP) is 5.06. The van der Waals surface area contributed by atoms with Crippen molar-refractivity contribution in [3.05, 3.63) is 80.9 Å². The molecule has 3 aromatic carbocycles. The van der Waals surface area contributed by atoms with Gasteiger partial charge in [-0.05, 0) is 97.0 Å². The summed E-state index contributed by atoms with van der Waals surface area (Å²) in [6, 6.07) is 17.4. The van der Waals surface area contributed by atoms with Crippen molar-refractivity contribution >= 4 is 49.9 Å². The van der Waals surface area contributed by atoms with Gasteiger partial charge in [-0.1, -0.05) is 23.8 Å². The number of halogens is 1. The van der Waals surface area contributed by atoms with Crippen LogP contribution in [0.15, 0.2) is 65.6 Å². The molecule has 0 aliphatic carbocycles. The van der Waals surface area contributed by atoms with Gasteiger partial charge in [0.2, 0.25) is 5.91 Å². The van der Waals surface area contributed by atoms with Crippen molar-refractivity contribution < 1.29 is 17.9 Å². The molecule has 0 fully saturated rings. The maximum absolute atomic E-state index is 13.6. The number of aryl methyl sites for hydroxylation is 3. The number of nitrogens with one attached hydrogen (secondary N) is 1. The Morgan fingerprint density at radius 3 is 2.25 bits per heavy atom. The molecule has 0 radical (unpaired) electrons. The highest BCUT2D eigenvalue weighted by molar-refractivity contribution is 14.1. The molecule has 0 atom stereocenters. The third kappa shape index (κ3) is 5.42. The second-order valence-corrected chi connectivity index (χ2v) is 10.6. The average molecular weight is 564 g/mol. The molecule has 3 rings (SSSR count). The first-order valence-electron chi connectivity index (χ1n) is 9.92. The number of anilines is 2. The molecule has 32 heavy (non-hydrogen) atoms. The average Bonchev–Trinajstić information content (AvgIpc) is 2.74. The third-order valence-corrected chi connectivity index (χ3v) is 7.41. The van der Waals surface area contributed by atoms with E-state index in [1.807, 2.05) is 39.0 Å². The van der Waals surface area contributed by atoms with Crippen molar-refractivity contribution in [2.24, 2.45) is 0 Å². The summed E-state index contributed by atoms with van der Waals surface area (Å²) < 4.78 is 34.8. The molecule has 1 N–H and O–H groups in total. The molecule has 3 aromatic rings. The second kappa shape index (κ2) is 9.91. The molecule has 0 saturated heterocycles. The van der Waals surface area contributed by atoms with Crippen LogP contribution in [0.2, 0.25) is 0 Å². The van der Waals surface area contributed by atoms with E-state index in [4.69, 9.17) is 4.74 Å². The smallest absolute Gasteiger partial charge is 0.264 e. The van der Waals surface area contributed by atoms with Gasteiger partial charge in [0.05, 0.1) is 17.7 Å². The van der Waals surface area contributed by atoms with Crippen LogP contribution in [0.1, 0.15) is 16.7 Å². The van der Waals surface area contributed by atoms with E-state index in [-0.39, 0.29) is 4.90 Å². The Bertz CT molecular complexity index is 1240. The molecule has 0 spiro atoms. The predicted molar refractivity (Wildman–Crippen MR) is 136 cm³/mol. The topological polar surface area (TPSA) is 75.7 Å². The number of ether oxygens (including phenoxy) is 1. The number of sulfonamides is 1. The SMILES string of the molecule is COc1ccc(C)cc1N(CC(=O)Nc1ccc(I)cc1C)S(=O)(=O)c1ccc(C)cc1. The summed E-state index contributed by atoms with van der Waals surface area (Å²) in [5.41, 5.74) is 3.63. The van der Waals surface area contributed by atoms with Gasteiger partial charge in [0.15, 0.2) is 0 Å². The lowest BCUT2D eigenvalue weighted by Crippen LogP contribution is -2.38. The van der Waals surface area contributed by atoms with Crippen LogP contribution < -0.4 is 14.4 Å². The first-order valence-corrected chi connectivity index (χ1v) is 12.4. The Kier molecular flexibility index (Phi) is 7.45. The molecular weight excluding hydrogens is 539 g/mol. The van der Waals surface area contributed by atoms with Gasteiger partial charge in [-0.15, -0.1) is 0 Å². The zero-order chi connectivity index (χ0) is 23.5. The number of amides is 1. The van der Waals surface area contributed by atoms with Gasteiger partial charge in [0.1, 0.15) is 12.3 Å². The van der Waals surface area contributed by atoms with Crippen molar-refractivity contribution in [2.45, 2.75) is 25.7 Å². The minimum absolute atomic E-state index is 0.102. The first-order chi connectivity index (χ1) is 15.1. The number of methoxy groups -OCH3 is 1. The summed E-state index contributed by atoms with van der Waals surface area (Å²) in [4.78, 5) is 13.1. The Morgan fingerprint density at radius 2 is 1.62 bits per heavy atom. The summed E-state index contributed by atoms with van der Waals surface area (Å²) in [7, 11) is -2.56. The number of nitrogens with zero attached hydrogens (tertiary/aromatic N) is 1. The lowest BCUT2D eigenvalue weighted by atomic mass is 10.2. The lowest BCUT2D eigenvalue weighted by Gasteiger charge is -2.26. The Morgan fingerprint density at radius 1 is 0.969 bits per heavy atom. The van der Waals surface area contributed by atoms with Crippen molar-refractivity contribution in [2.75, 3.05) is 23.3 Å². The number of rotatable bonds is 7. The molecule has 0 heterocycles. The van der Waals surface area contributed by atoms with E-state index in [9.17, 15) is 13.2 Å². The molecule has 0 unspecified atom stereocenters. The summed E-state index contributed by atoms with van der Waals surface area (Å²) in [5, 5.41) is 2.83. The maximum atomic E-state index is 13.6. The van der Waals surface area contributed by atoms with E-state index in [1.165, 1.54) is 7.11 Å². The van der Waals surface area contributed by atoms with Crippen LogP contribution in [0.5, 0.6) is 5.75 Å². The van der Waals surface area contributed by atoms with Gasteiger partial charge in [-0.3, -0.25) is 9.10 Å². The number of carbonyl (C=O) groups excluding carboxylic acids is 1. The van der Waals surface area contributed by atoms with E-state index in [0.717, 1.165) is 24.6 Å². The van der Waals surface area contributed by atoms with Crippen molar-refractivity contribution in [1.82, 2.24) is 0 Å². The number of carbonyl (C=O) groups is 1. The van der Waals surface area contributed by atoms with Crippen LogP contribution in [-0.2, 0) is 14.8 Å². The molecule has 168 valence electrons. The Balaban J connectivity index is 2.03. The van der Waals surface area contributed by atoms with Gasteiger partial charge in [0, 0.05) is 9.26 Å². The van der Waals surface area contributed by atoms with Gasteiger partial charge >= 0.3 is 0 Å². The second-order valence-electron chi connectivity index (χ2n) is 7.51. The third-order valence-electron chi connectivity index (χ3n) is 4.96. The standard InChI is InChI=1S/C24H25IN2O4S/c1-16-5-9-20(10-6-16)32(29,30)27(22-13-17(2)7-12-23(22)31-4)15-24(28)26-21-11-8-19(25)14-18(21)3/h5-14H,15H2,1-4H3,(H,26,28). The molecule has 0 aliphatic rings. The number of benzene rings is 3. The molecule has 0 saturated carbocycles. The minimum atomic E-state index is -4.03. The molecule has 1 amide bonds. The number of hydrogen-bond acceptors (Lipinski definition) is 4. The molecule has 0 bridgehead atoms. The zero-order valence-electron chi connectivity index (χ0n) is 18.3. The zero-order valence-corrected chi connectivity index (χ0v) is 21.3. The fourth-order valence-electron chi connectivity index (χ4n) is 3.22. The van der Waals surface area contributed by atoms with Crippen LogP contribution >= 0.6 is 22.6 Å². The van der Waals surface area contributed by atoms with Crippen LogP contribution in [0.4, 0.5) is 11.4 Å². The van der Waals surface area contributed by atoms with Crippen LogP contribution in [0.3, 0.4) is 0 Å². The first kappa shape index (κ1) is 24.1. The summed E-state index contributed by atoms with van der Waals surface area (Å²) in [6.45, 7) is 5.23. The molecule has 0 aromatic heterocycles. The highest BCUT2D eigenvalue weighted by Crippen LogP contribution is 2.33. The fraction of sp³-hybridized carbons (Fsp3) is 0.208. The lowest BCUT2D eigenvalue weighted by molar-refractivity contribution is -0.114. The summed E-state index contributed by atoms with van der Waals surface area (Å²) >= 11 is 2.20. The Labute approximate surface area is 202 Å². The van der Waals surface area contributed by atoms with Gasteiger partial charge in [-0.2, -0.15) is 0 Å². The van der Waals surface area contributed by atoms with Gasteiger partial charge in [0.25, 0.3) is 10.0 Å². The van der Waals surface area contributed by atoms with E-state index >= 15 is 0 Å². The molecule has 6 nitrogen and oxygen atoms in total. The highest BCUT2D eigenvalue weighted by atomic mass is 127. The summed E-state index contributed by atoms with van der Waals surface area (Å²) in [6.07, 6.45) is 0. The summed E-state index contributed by atoms with van der Waals surface area (Å²) in [5.74, 6) is -0.0851. The molecule has 0 aliphatic heterocycles. The van der Waals surface area contributed by atoms with E-state index < -0.39 is 22.5 Å². The molecular formula is C24H25IN2O4S. The fourth-order valence-corrected chi connectivity index (χ4v) is 5.29. The van der Waals surface area contributed by atoms with E-state index in [0.29, 0.717) is 17.1 Å². The molecule has 8 heteroatoms. The van der Waals surface area contributed by atoms with Crippen molar-refractivity contribution in [1.29, 1.82) is 0 Å². The largest absolute Gasteiger partial charge is 0.495 e. The Hall–Kier alpha value is -2.59. The van der Waals surface area contributed by atoms with Crippen LogP contribution in [0, 0.1) is 24.3 Å². The normalized spacial score (nSPS) is 11.2. The highest BCUT2D eigenvalue weighted by Gasteiger charge is 2.29. The monoisotopic (exact) mass is 564 g/mol. The quantitative estimate of drug-likeness (QED) is 0.408. The maximum Gasteiger partial charge on any atom is 0.264 e. The van der Waals surface area contributed by atoms with Crippen LogP contribution in [0.25, 0.3) is 0 Å². The van der Waals surface area contributed by atoms with Crippen LogP contribution in [-0.4, -0.2) is 28.0 Å². The van der Waals surface area contributed by atoms with Gasteiger partial charge < -0.3 is 10.1 Å². The minimum Gasteiger partial charge on any atom is -0.495 e. The van der Waals surface area contributed by atoms with Crippen molar-refractivity contribution in [3.63, 3.8) is 0 Å².